The zero-order chi connectivity index (χ0) is 11.6. The van der Waals surface area contributed by atoms with E-state index in [1.807, 2.05) is 13.8 Å². The predicted molar refractivity (Wildman–Crippen MR) is 60.0 cm³/mol. The van der Waals surface area contributed by atoms with Gasteiger partial charge < -0.3 is 20.1 Å². The van der Waals surface area contributed by atoms with Crippen LogP contribution in [0.1, 0.15) is 24.7 Å². The molecule has 2 heterocycles. The average molecular weight is 225 g/mol. The van der Waals surface area contributed by atoms with E-state index in [-0.39, 0.29) is 6.10 Å². The molecule has 1 saturated heterocycles. The lowest BCUT2D eigenvalue weighted by Gasteiger charge is -2.26. The van der Waals surface area contributed by atoms with Crippen LogP contribution in [0.15, 0.2) is 6.33 Å². The third-order valence-corrected chi connectivity index (χ3v) is 3.32. The second-order valence-corrected chi connectivity index (χ2v) is 4.44. The molecule has 5 nitrogen and oxygen atoms in total. The highest BCUT2D eigenvalue weighted by Crippen LogP contribution is 2.24. The number of aryl methyl sites for hydroxylation is 1. The average Bonchev–Trinajstić information content (AvgIpc) is 2.77. The minimum absolute atomic E-state index is 0.0970. The quantitative estimate of drug-likeness (QED) is 0.691. The normalized spacial score (nSPS) is 29.8. The molecule has 0 bridgehead atoms. The van der Waals surface area contributed by atoms with Crippen LogP contribution in [-0.4, -0.2) is 39.9 Å². The third kappa shape index (κ3) is 2.26. The van der Waals surface area contributed by atoms with Gasteiger partial charge in [-0.1, -0.05) is 0 Å². The first kappa shape index (κ1) is 11.6. The Bertz CT molecular complexity index is 353. The van der Waals surface area contributed by atoms with Crippen LogP contribution in [0, 0.1) is 6.92 Å². The minimum Gasteiger partial charge on any atom is -0.386 e. The van der Waals surface area contributed by atoms with Gasteiger partial charge in [0.2, 0.25) is 0 Å². The fourth-order valence-corrected chi connectivity index (χ4v) is 1.97. The Morgan fingerprint density at radius 1 is 1.75 bits per heavy atom. The summed E-state index contributed by atoms with van der Waals surface area (Å²) in [5, 5.41) is 13.5. The summed E-state index contributed by atoms with van der Waals surface area (Å²) in [4.78, 5) is 7.22. The van der Waals surface area contributed by atoms with Crippen LogP contribution in [-0.2, 0) is 11.3 Å². The van der Waals surface area contributed by atoms with E-state index in [0.717, 1.165) is 11.4 Å². The summed E-state index contributed by atoms with van der Waals surface area (Å²) in [6, 6.07) is 0. The lowest BCUT2D eigenvalue weighted by atomic mass is 9.97. The number of hydrogen-bond donors (Lipinski definition) is 3. The van der Waals surface area contributed by atoms with E-state index in [0.29, 0.717) is 26.1 Å². The van der Waals surface area contributed by atoms with Crippen LogP contribution in [0.25, 0.3) is 0 Å². The Labute approximate surface area is 95.2 Å². The molecule has 3 N–H and O–H groups in total. The van der Waals surface area contributed by atoms with Gasteiger partial charge in [0.05, 0.1) is 18.1 Å². The maximum absolute atomic E-state index is 10.2. The molecule has 2 unspecified atom stereocenters. The molecule has 0 aromatic carbocycles. The zero-order valence-corrected chi connectivity index (χ0v) is 9.79. The molecule has 5 heteroatoms. The Balaban J connectivity index is 1.82. The second kappa shape index (κ2) is 4.53. The van der Waals surface area contributed by atoms with Gasteiger partial charge in [-0.05, 0) is 13.8 Å². The van der Waals surface area contributed by atoms with E-state index in [2.05, 4.69) is 15.3 Å². The Hall–Kier alpha value is -0.910. The number of imidazole rings is 1. The largest absolute Gasteiger partial charge is 0.386 e. The molecule has 2 rings (SSSR count). The fourth-order valence-electron chi connectivity index (χ4n) is 1.97. The van der Waals surface area contributed by atoms with Crippen molar-refractivity contribution in [2.75, 3.05) is 13.2 Å². The standard InChI is InChI=1S/C11H19N3O2/c1-8-10(14-7-13-8)5-12-6-11(15)3-4-16-9(11)2/h7,9,12,15H,3-6H2,1-2H3,(H,13,14). The second-order valence-electron chi connectivity index (χ2n) is 4.44. The van der Waals surface area contributed by atoms with E-state index in [1.54, 1.807) is 6.33 Å². The Morgan fingerprint density at radius 2 is 2.56 bits per heavy atom. The summed E-state index contributed by atoms with van der Waals surface area (Å²) in [5.74, 6) is 0. The van der Waals surface area contributed by atoms with Gasteiger partial charge in [0.25, 0.3) is 0 Å². The molecule has 0 saturated carbocycles. The fraction of sp³-hybridized carbons (Fsp3) is 0.727. The van der Waals surface area contributed by atoms with Gasteiger partial charge in [-0.15, -0.1) is 0 Å². The monoisotopic (exact) mass is 225 g/mol. The maximum Gasteiger partial charge on any atom is 0.105 e. The van der Waals surface area contributed by atoms with Crippen LogP contribution in [0.4, 0.5) is 0 Å². The molecular formula is C11H19N3O2. The van der Waals surface area contributed by atoms with E-state index >= 15 is 0 Å². The van der Waals surface area contributed by atoms with Crippen molar-refractivity contribution in [2.24, 2.45) is 0 Å². The van der Waals surface area contributed by atoms with Gasteiger partial charge in [-0.25, -0.2) is 4.98 Å². The van der Waals surface area contributed by atoms with Crippen molar-refractivity contribution in [3.63, 3.8) is 0 Å². The molecule has 2 atom stereocenters. The molecular weight excluding hydrogens is 206 g/mol. The summed E-state index contributed by atoms with van der Waals surface area (Å²) >= 11 is 0. The number of aliphatic hydroxyl groups is 1. The van der Waals surface area contributed by atoms with E-state index in [1.165, 1.54) is 0 Å². The van der Waals surface area contributed by atoms with Crippen molar-refractivity contribution in [2.45, 2.75) is 38.5 Å². The summed E-state index contributed by atoms with van der Waals surface area (Å²) < 4.78 is 5.37. The maximum atomic E-state index is 10.2. The summed E-state index contributed by atoms with van der Waals surface area (Å²) in [6.07, 6.45) is 2.28. The van der Waals surface area contributed by atoms with Crippen molar-refractivity contribution < 1.29 is 9.84 Å². The summed E-state index contributed by atoms with van der Waals surface area (Å²) in [7, 11) is 0. The van der Waals surface area contributed by atoms with Gasteiger partial charge >= 0.3 is 0 Å². The minimum atomic E-state index is -0.732. The van der Waals surface area contributed by atoms with Gasteiger partial charge in [0.15, 0.2) is 0 Å². The molecule has 1 aromatic rings. The van der Waals surface area contributed by atoms with E-state index in [9.17, 15) is 5.11 Å². The van der Waals surface area contributed by atoms with Crippen molar-refractivity contribution in [3.8, 4) is 0 Å². The van der Waals surface area contributed by atoms with Crippen LogP contribution < -0.4 is 5.32 Å². The first-order valence-electron chi connectivity index (χ1n) is 5.65. The first-order valence-corrected chi connectivity index (χ1v) is 5.65. The van der Waals surface area contributed by atoms with Crippen LogP contribution in [0.2, 0.25) is 0 Å². The molecule has 90 valence electrons. The first-order chi connectivity index (χ1) is 7.62. The molecule has 1 aliphatic heterocycles. The highest BCUT2D eigenvalue weighted by atomic mass is 16.5. The lowest BCUT2D eigenvalue weighted by Crippen LogP contribution is -2.45. The Kier molecular flexibility index (Phi) is 3.28. The highest BCUT2D eigenvalue weighted by Gasteiger charge is 2.38. The summed E-state index contributed by atoms with van der Waals surface area (Å²) in [5.41, 5.74) is 1.33. The van der Waals surface area contributed by atoms with Crippen molar-refractivity contribution in [3.05, 3.63) is 17.7 Å². The van der Waals surface area contributed by atoms with Gasteiger partial charge in [0.1, 0.15) is 5.60 Å². The van der Waals surface area contributed by atoms with Crippen LogP contribution in [0.5, 0.6) is 0 Å². The SMILES string of the molecule is Cc1[nH]cnc1CNCC1(O)CCOC1C. The third-order valence-electron chi connectivity index (χ3n) is 3.32. The van der Waals surface area contributed by atoms with Crippen molar-refractivity contribution in [1.82, 2.24) is 15.3 Å². The molecule has 0 aliphatic carbocycles. The van der Waals surface area contributed by atoms with E-state index in [4.69, 9.17) is 4.74 Å². The number of nitrogens with one attached hydrogen (secondary N) is 2. The van der Waals surface area contributed by atoms with Gasteiger partial charge in [-0.3, -0.25) is 0 Å². The lowest BCUT2D eigenvalue weighted by molar-refractivity contribution is -0.0263. The molecule has 16 heavy (non-hydrogen) atoms. The number of H-pyrrole nitrogens is 1. The molecule has 1 aromatic heterocycles. The van der Waals surface area contributed by atoms with Crippen molar-refractivity contribution in [1.29, 1.82) is 0 Å². The van der Waals surface area contributed by atoms with Gasteiger partial charge in [0, 0.05) is 31.8 Å². The Morgan fingerprint density at radius 3 is 3.12 bits per heavy atom. The number of hydrogen-bond acceptors (Lipinski definition) is 4. The van der Waals surface area contributed by atoms with E-state index < -0.39 is 5.60 Å². The molecule has 1 fully saturated rings. The van der Waals surface area contributed by atoms with Crippen LogP contribution in [0.3, 0.4) is 0 Å². The highest BCUT2D eigenvalue weighted by molar-refractivity contribution is 5.08. The molecule has 1 aliphatic rings. The predicted octanol–water partition coefficient (Wildman–Crippen LogP) is 0.348. The molecule has 0 spiro atoms. The number of ether oxygens (including phenoxy) is 1. The molecule has 0 amide bonds. The van der Waals surface area contributed by atoms with Crippen LogP contribution >= 0.6 is 0 Å². The summed E-state index contributed by atoms with van der Waals surface area (Å²) in [6.45, 7) is 5.75. The number of aromatic nitrogens is 2. The smallest absolute Gasteiger partial charge is 0.105 e. The number of aromatic amines is 1. The van der Waals surface area contributed by atoms with Crippen molar-refractivity contribution >= 4 is 0 Å². The number of rotatable bonds is 4. The zero-order valence-electron chi connectivity index (χ0n) is 9.79. The molecule has 0 radical (unpaired) electrons. The topological polar surface area (TPSA) is 70.2 Å². The number of nitrogens with zero attached hydrogens (tertiary/aromatic N) is 1. The van der Waals surface area contributed by atoms with Gasteiger partial charge in [-0.2, -0.15) is 0 Å².